The molecule has 0 unspecified atom stereocenters. The highest BCUT2D eigenvalue weighted by atomic mass is 35.5. The molecule has 0 N–H and O–H groups in total. The highest BCUT2D eigenvalue weighted by molar-refractivity contribution is 7.95. The van der Waals surface area contributed by atoms with Crippen LogP contribution in [0.3, 0.4) is 0 Å². The minimum Gasteiger partial charge on any atom is -1.00 e. The monoisotopic (exact) mass is 500 g/mol. The van der Waals surface area contributed by atoms with E-state index in [1.807, 2.05) is 7.11 Å². The fraction of sp³-hybridized carbons (Fsp3) is 0.250. The summed E-state index contributed by atoms with van der Waals surface area (Å²) in [5.41, 5.74) is 7.28. The summed E-state index contributed by atoms with van der Waals surface area (Å²) in [4.78, 5) is 0. The summed E-state index contributed by atoms with van der Waals surface area (Å²) in [6.45, 7) is 4.57. The molecule has 4 aromatic rings. The Bertz CT molecular complexity index is 1170. The zero-order chi connectivity index (χ0) is 23.5. The molecular formula is C32H34ClOP. The van der Waals surface area contributed by atoms with Gasteiger partial charge in [0.25, 0.3) is 0 Å². The van der Waals surface area contributed by atoms with Crippen molar-refractivity contribution in [2.45, 2.75) is 45.7 Å². The molecule has 1 aliphatic rings. The second kappa shape index (κ2) is 11.0. The Morgan fingerprint density at radius 3 is 1.49 bits per heavy atom. The highest BCUT2D eigenvalue weighted by Crippen LogP contribution is 2.59. The topological polar surface area (TPSA) is 9.23 Å². The van der Waals surface area contributed by atoms with Crippen LogP contribution in [0, 0.1) is 13.8 Å². The Morgan fingerprint density at radius 1 is 0.629 bits per heavy atom. The van der Waals surface area contributed by atoms with E-state index in [2.05, 4.69) is 105 Å². The van der Waals surface area contributed by atoms with Gasteiger partial charge >= 0.3 is 0 Å². The molecule has 0 amide bonds. The van der Waals surface area contributed by atoms with Crippen LogP contribution in [0.2, 0.25) is 0 Å². The van der Waals surface area contributed by atoms with Crippen molar-refractivity contribution in [2.24, 2.45) is 0 Å². The lowest BCUT2D eigenvalue weighted by Gasteiger charge is -2.32. The maximum atomic E-state index is 5.97. The van der Waals surface area contributed by atoms with Crippen molar-refractivity contribution in [3.63, 3.8) is 0 Å². The molecule has 5 rings (SSSR count). The van der Waals surface area contributed by atoms with Crippen LogP contribution in [0.5, 0.6) is 5.75 Å². The molecule has 0 saturated heterocycles. The maximum absolute atomic E-state index is 5.97. The van der Waals surface area contributed by atoms with Gasteiger partial charge in [0.15, 0.2) is 0 Å². The van der Waals surface area contributed by atoms with Crippen LogP contribution in [0.15, 0.2) is 91.0 Å². The number of hydrogen-bond donors (Lipinski definition) is 0. The number of halogens is 1. The van der Waals surface area contributed by atoms with E-state index < -0.39 is 7.26 Å². The van der Waals surface area contributed by atoms with Gasteiger partial charge in [-0.25, -0.2) is 0 Å². The SMILES string of the molecule is COc1c(C)c(C)c(C[P+](c2ccccc2)(c2ccccc2)c2ccccc2)c2c1CCCC2.[Cl-]. The third kappa shape index (κ3) is 4.53. The van der Waals surface area contributed by atoms with E-state index in [9.17, 15) is 0 Å². The first-order valence-electron chi connectivity index (χ1n) is 12.4. The lowest BCUT2D eigenvalue weighted by Crippen LogP contribution is -3.00. The number of fused-ring (bicyclic) bond motifs is 1. The molecule has 0 spiro atoms. The van der Waals surface area contributed by atoms with Crippen molar-refractivity contribution in [3.05, 3.63) is 119 Å². The van der Waals surface area contributed by atoms with Gasteiger partial charge in [-0.05, 0) is 104 Å². The van der Waals surface area contributed by atoms with E-state index in [-0.39, 0.29) is 12.4 Å². The molecule has 3 heteroatoms. The van der Waals surface area contributed by atoms with Crippen molar-refractivity contribution in [1.29, 1.82) is 0 Å². The van der Waals surface area contributed by atoms with Crippen LogP contribution in [0.4, 0.5) is 0 Å². The van der Waals surface area contributed by atoms with Crippen molar-refractivity contribution < 1.29 is 17.1 Å². The summed E-state index contributed by atoms with van der Waals surface area (Å²) in [6.07, 6.45) is 5.84. The molecule has 0 atom stereocenters. The first-order chi connectivity index (χ1) is 16.7. The van der Waals surface area contributed by atoms with E-state index in [0.29, 0.717) is 0 Å². The van der Waals surface area contributed by atoms with Crippen molar-refractivity contribution in [1.82, 2.24) is 0 Å². The molecular weight excluding hydrogens is 467 g/mol. The van der Waals surface area contributed by atoms with Crippen LogP contribution in [0.25, 0.3) is 0 Å². The molecule has 1 aliphatic carbocycles. The highest BCUT2D eigenvalue weighted by Gasteiger charge is 2.46. The number of hydrogen-bond acceptors (Lipinski definition) is 1. The minimum atomic E-state index is -1.93. The normalized spacial score (nSPS) is 13.0. The van der Waals surface area contributed by atoms with E-state index >= 15 is 0 Å². The summed E-state index contributed by atoms with van der Waals surface area (Å²) in [6, 6.07) is 33.8. The Hall–Kier alpha value is -2.60. The zero-order valence-corrected chi connectivity index (χ0v) is 22.6. The van der Waals surface area contributed by atoms with Crippen LogP contribution >= 0.6 is 7.26 Å². The van der Waals surface area contributed by atoms with Gasteiger partial charge in [0.05, 0.1) is 13.3 Å². The second-order valence-corrected chi connectivity index (χ2v) is 12.9. The van der Waals surface area contributed by atoms with Gasteiger partial charge in [-0.3, -0.25) is 0 Å². The summed E-state index contributed by atoms with van der Waals surface area (Å²) >= 11 is 0. The lowest BCUT2D eigenvalue weighted by molar-refractivity contribution is -0.00000707. The molecule has 0 saturated carbocycles. The summed E-state index contributed by atoms with van der Waals surface area (Å²) in [5.74, 6) is 1.12. The third-order valence-corrected chi connectivity index (χ3v) is 12.0. The number of rotatable bonds is 6. The molecule has 35 heavy (non-hydrogen) atoms. The number of methoxy groups -OCH3 is 1. The van der Waals surface area contributed by atoms with Crippen LogP contribution < -0.4 is 33.1 Å². The van der Waals surface area contributed by atoms with E-state index in [1.54, 1.807) is 11.1 Å². The molecule has 0 aromatic heterocycles. The first-order valence-corrected chi connectivity index (χ1v) is 14.4. The van der Waals surface area contributed by atoms with E-state index in [1.165, 1.54) is 45.4 Å². The zero-order valence-electron chi connectivity index (χ0n) is 20.9. The molecule has 4 aromatic carbocycles. The lowest BCUT2D eigenvalue weighted by atomic mass is 9.84. The summed E-state index contributed by atoms with van der Waals surface area (Å²) in [5, 5.41) is 4.35. The van der Waals surface area contributed by atoms with Gasteiger partial charge in [0.2, 0.25) is 0 Å². The standard InChI is InChI=1S/C32H34OP.ClH/c1-24-25(2)32(33-3)30-22-14-13-21-29(30)31(24)23-34(26-15-7-4-8-16-26,27-17-9-5-10-18-27)28-19-11-6-12-20-28;/h4-12,15-20H,13-14,21-23H2,1-3H3;1H/q+1;/p-1. The Labute approximate surface area is 217 Å². The predicted octanol–water partition coefficient (Wildman–Crippen LogP) is 3.69. The smallest absolute Gasteiger partial charge is 0.125 e. The van der Waals surface area contributed by atoms with Crippen LogP contribution in [0.1, 0.15) is 40.7 Å². The van der Waals surface area contributed by atoms with Crippen molar-refractivity contribution in [3.8, 4) is 5.75 Å². The van der Waals surface area contributed by atoms with Gasteiger partial charge in [-0.2, -0.15) is 0 Å². The summed E-state index contributed by atoms with van der Waals surface area (Å²) < 4.78 is 5.97. The van der Waals surface area contributed by atoms with Gasteiger partial charge in [-0.1, -0.05) is 54.6 Å². The van der Waals surface area contributed by atoms with Crippen molar-refractivity contribution in [2.75, 3.05) is 7.11 Å². The van der Waals surface area contributed by atoms with Gasteiger partial charge < -0.3 is 17.1 Å². The predicted molar refractivity (Wildman–Crippen MR) is 148 cm³/mol. The molecule has 0 bridgehead atoms. The average molecular weight is 501 g/mol. The minimum absolute atomic E-state index is 0. The Balaban J connectivity index is 0.00000289. The fourth-order valence-electron chi connectivity index (χ4n) is 5.83. The summed E-state index contributed by atoms with van der Waals surface area (Å²) in [7, 11) is -0.0939. The first kappa shape index (κ1) is 25.5. The van der Waals surface area contributed by atoms with Gasteiger partial charge in [-0.15, -0.1) is 0 Å². The molecule has 0 radical (unpaired) electrons. The van der Waals surface area contributed by atoms with E-state index in [0.717, 1.165) is 24.8 Å². The van der Waals surface area contributed by atoms with Gasteiger partial charge in [0, 0.05) is 0 Å². The molecule has 0 aliphatic heterocycles. The maximum Gasteiger partial charge on any atom is 0.125 e. The quantitative estimate of drug-likeness (QED) is 0.367. The van der Waals surface area contributed by atoms with Crippen LogP contribution in [-0.2, 0) is 19.0 Å². The van der Waals surface area contributed by atoms with Gasteiger partial charge in [0.1, 0.15) is 28.9 Å². The molecule has 1 nitrogen and oxygen atoms in total. The third-order valence-electron chi connectivity index (χ3n) is 7.65. The Kier molecular flexibility index (Phi) is 8.00. The number of benzene rings is 4. The average Bonchev–Trinajstić information content (AvgIpc) is 2.91. The van der Waals surface area contributed by atoms with Crippen LogP contribution in [-0.4, -0.2) is 7.11 Å². The van der Waals surface area contributed by atoms with E-state index in [4.69, 9.17) is 4.74 Å². The fourth-order valence-corrected chi connectivity index (χ4v) is 10.2. The molecule has 0 heterocycles. The molecule has 0 fully saturated rings. The molecule has 180 valence electrons. The van der Waals surface area contributed by atoms with Crippen molar-refractivity contribution >= 4 is 23.2 Å². The Morgan fingerprint density at radius 2 is 1.06 bits per heavy atom. The largest absolute Gasteiger partial charge is 1.00 e. The second-order valence-electron chi connectivity index (χ2n) is 9.40. The number of ether oxygens (including phenoxy) is 1.